The van der Waals surface area contributed by atoms with Crippen LogP contribution in [0.5, 0.6) is 0 Å². The molecule has 0 aromatic rings. The summed E-state index contributed by atoms with van der Waals surface area (Å²) in [5.41, 5.74) is 16.8. The quantitative estimate of drug-likeness (QED) is 0.0451. The molecule has 0 rings (SSSR count). The Morgan fingerprint density at radius 3 is 1.33 bits per heavy atom. The van der Waals surface area contributed by atoms with E-state index < -0.39 is 47.8 Å². The Morgan fingerprint density at radius 2 is 0.902 bits per heavy atom. The third-order valence-corrected chi connectivity index (χ3v) is 9.31. The second-order valence-corrected chi connectivity index (χ2v) is 14.8. The lowest BCUT2D eigenvalue weighted by atomic mass is 10.0. The van der Waals surface area contributed by atoms with Crippen molar-refractivity contribution in [1.82, 2.24) is 21.3 Å². The molecular weight excluding hydrogens is 646 g/mol. The van der Waals surface area contributed by atoms with Gasteiger partial charge in [-0.1, -0.05) is 111 Å². The van der Waals surface area contributed by atoms with Crippen LogP contribution in [0.15, 0.2) is 0 Å². The summed E-state index contributed by atoms with van der Waals surface area (Å²) in [7, 11) is 0. The lowest BCUT2D eigenvalue weighted by molar-refractivity contribution is -0.134. The summed E-state index contributed by atoms with van der Waals surface area (Å²) in [6.07, 6.45) is 22.7. The van der Waals surface area contributed by atoms with E-state index in [1.54, 1.807) is 0 Å². The SMILES string of the molecule is CCCCCCCCCCCCCCCCCC(=O)N[C@@H](CCCCN)C(=O)N[C@@H](CCCCN)C(=O)N[C@H](C)C(=O)N[C@@H](CC(C)C)C(N)=O. The number of carbonyl (C=O) groups is 5. The van der Waals surface area contributed by atoms with Crippen molar-refractivity contribution in [2.45, 2.75) is 200 Å². The lowest BCUT2D eigenvalue weighted by Gasteiger charge is -2.25. The van der Waals surface area contributed by atoms with Gasteiger partial charge in [0.05, 0.1) is 0 Å². The molecule has 0 heterocycles. The van der Waals surface area contributed by atoms with E-state index in [2.05, 4.69) is 28.2 Å². The van der Waals surface area contributed by atoms with Crippen LogP contribution in [0.4, 0.5) is 0 Å². The number of unbranched alkanes of at least 4 members (excludes halogenated alkanes) is 16. The number of rotatable bonds is 34. The molecule has 0 bridgehead atoms. The number of primary amides is 1. The second kappa shape index (κ2) is 32.0. The van der Waals surface area contributed by atoms with Crippen molar-refractivity contribution in [1.29, 1.82) is 0 Å². The average Bonchev–Trinajstić information content (AvgIpc) is 3.08. The molecule has 12 heteroatoms. The smallest absolute Gasteiger partial charge is 0.243 e. The predicted octanol–water partition coefficient (Wildman–Crippen LogP) is 5.00. The van der Waals surface area contributed by atoms with Crippen LogP contribution in [0.25, 0.3) is 0 Å². The van der Waals surface area contributed by atoms with Gasteiger partial charge in [0.2, 0.25) is 29.5 Å². The summed E-state index contributed by atoms with van der Waals surface area (Å²) in [6, 6.07) is -3.58. The first-order valence-electron chi connectivity index (χ1n) is 20.4. The minimum atomic E-state index is -0.976. The van der Waals surface area contributed by atoms with E-state index in [0.717, 1.165) is 19.3 Å². The molecule has 298 valence electrons. The van der Waals surface area contributed by atoms with E-state index in [1.165, 1.54) is 84.0 Å². The first-order chi connectivity index (χ1) is 24.5. The van der Waals surface area contributed by atoms with Gasteiger partial charge in [-0.2, -0.15) is 0 Å². The summed E-state index contributed by atoms with van der Waals surface area (Å²) in [6.45, 7) is 8.49. The van der Waals surface area contributed by atoms with Crippen molar-refractivity contribution in [3.63, 3.8) is 0 Å². The third kappa shape index (κ3) is 26.7. The van der Waals surface area contributed by atoms with Gasteiger partial charge in [-0.05, 0) is 77.3 Å². The van der Waals surface area contributed by atoms with Gasteiger partial charge in [-0.25, -0.2) is 0 Å². The van der Waals surface area contributed by atoms with E-state index in [0.29, 0.717) is 64.5 Å². The van der Waals surface area contributed by atoms with E-state index in [-0.39, 0.29) is 11.8 Å². The number of carbonyl (C=O) groups excluding carboxylic acids is 5. The summed E-state index contributed by atoms with van der Waals surface area (Å²) < 4.78 is 0. The molecule has 0 saturated carbocycles. The highest BCUT2D eigenvalue weighted by atomic mass is 16.2. The van der Waals surface area contributed by atoms with Crippen LogP contribution in [-0.4, -0.2) is 66.8 Å². The molecule has 0 aliphatic heterocycles. The van der Waals surface area contributed by atoms with Crippen LogP contribution in [0.1, 0.15) is 175 Å². The zero-order chi connectivity index (χ0) is 38.3. The van der Waals surface area contributed by atoms with Crippen molar-refractivity contribution in [2.24, 2.45) is 23.1 Å². The molecule has 10 N–H and O–H groups in total. The van der Waals surface area contributed by atoms with Gasteiger partial charge in [0, 0.05) is 6.42 Å². The Morgan fingerprint density at radius 1 is 0.490 bits per heavy atom. The molecule has 4 atom stereocenters. The van der Waals surface area contributed by atoms with Gasteiger partial charge >= 0.3 is 0 Å². The highest BCUT2D eigenvalue weighted by Crippen LogP contribution is 2.14. The molecule has 0 aromatic carbocycles. The molecule has 0 aliphatic carbocycles. The fourth-order valence-corrected chi connectivity index (χ4v) is 6.11. The molecule has 12 nitrogen and oxygen atoms in total. The summed E-state index contributed by atoms with van der Waals surface area (Å²) in [4.78, 5) is 64.3. The lowest BCUT2D eigenvalue weighted by Crippen LogP contribution is -2.57. The normalized spacial score (nSPS) is 13.6. The van der Waals surface area contributed by atoms with Crippen LogP contribution in [-0.2, 0) is 24.0 Å². The molecule has 0 spiro atoms. The molecule has 0 aliphatic rings. The van der Waals surface area contributed by atoms with Crippen LogP contribution in [0, 0.1) is 5.92 Å². The maximum Gasteiger partial charge on any atom is 0.243 e. The first-order valence-corrected chi connectivity index (χ1v) is 20.4. The number of hydrogen-bond donors (Lipinski definition) is 7. The number of nitrogens with two attached hydrogens (primary N) is 3. The fourth-order valence-electron chi connectivity index (χ4n) is 6.11. The van der Waals surface area contributed by atoms with Gasteiger partial charge in [0.1, 0.15) is 24.2 Å². The Labute approximate surface area is 310 Å². The third-order valence-electron chi connectivity index (χ3n) is 9.31. The zero-order valence-electron chi connectivity index (χ0n) is 32.8. The van der Waals surface area contributed by atoms with E-state index in [9.17, 15) is 24.0 Å². The molecule has 0 unspecified atom stereocenters. The van der Waals surface area contributed by atoms with Gasteiger partial charge < -0.3 is 38.5 Å². The second-order valence-electron chi connectivity index (χ2n) is 14.8. The zero-order valence-corrected chi connectivity index (χ0v) is 32.8. The van der Waals surface area contributed by atoms with Crippen LogP contribution in [0.2, 0.25) is 0 Å². The Kier molecular flexibility index (Phi) is 30.3. The van der Waals surface area contributed by atoms with Crippen molar-refractivity contribution < 1.29 is 24.0 Å². The largest absolute Gasteiger partial charge is 0.368 e. The van der Waals surface area contributed by atoms with Gasteiger partial charge in [-0.15, -0.1) is 0 Å². The molecule has 0 fully saturated rings. The van der Waals surface area contributed by atoms with E-state index >= 15 is 0 Å². The maximum absolute atomic E-state index is 13.5. The minimum absolute atomic E-state index is 0.122. The van der Waals surface area contributed by atoms with Gasteiger partial charge in [0.25, 0.3) is 0 Å². The Bertz CT molecular complexity index is 949. The fraction of sp³-hybridized carbons (Fsp3) is 0.872. The van der Waals surface area contributed by atoms with Gasteiger partial charge in [-0.3, -0.25) is 24.0 Å². The molecule has 0 aromatic heterocycles. The number of hydrogen-bond acceptors (Lipinski definition) is 7. The van der Waals surface area contributed by atoms with Crippen molar-refractivity contribution in [2.75, 3.05) is 13.1 Å². The molecule has 0 saturated heterocycles. The number of nitrogens with one attached hydrogen (secondary N) is 4. The highest BCUT2D eigenvalue weighted by molar-refractivity contribution is 5.95. The molecule has 5 amide bonds. The highest BCUT2D eigenvalue weighted by Gasteiger charge is 2.29. The van der Waals surface area contributed by atoms with Gasteiger partial charge in [0.15, 0.2) is 0 Å². The van der Waals surface area contributed by atoms with Crippen LogP contribution >= 0.6 is 0 Å². The van der Waals surface area contributed by atoms with Crippen LogP contribution in [0.3, 0.4) is 0 Å². The molecule has 0 radical (unpaired) electrons. The maximum atomic E-state index is 13.5. The summed E-state index contributed by atoms with van der Waals surface area (Å²) in [5, 5.41) is 11.0. The average molecular weight is 724 g/mol. The van der Waals surface area contributed by atoms with Crippen molar-refractivity contribution >= 4 is 29.5 Å². The molecule has 51 heavy (non-hydrogen) atoms. The first kappa shape index (κ1) is 48.3. The summed E-state index contributed by atoms with van der Waals surface area (Å²) in [5.74, 6) is -2.25. The standard InChI is InChI=1S/C39H77N7O5/c1-5-6-7-8-9-10-11-12-13-14-15-16-17-18-19-26-35(47)44-32(24-20-22-27-40)39(51)45-33(25-21-23-28-41)38(50)43-31(4)37(49)46-34(36(42)48)29-30(2)3/h30-34H,5-29,40-41H2,1-4H3,(H2,42,48)(H,43,50)(H,44,47)(H,45,51)(H,46,49)/t31-,32+,33+,34+/m1/s1. The van der Waals surface area contributed by atoms with Crippen LogP contribution < -0.4 is 38.5 Å². The van der Waals surface area contributed by atoms with Crippen molar-refractivity contribution in [3.8, 4) is 0 Å². The topological polar surface area (TPSA) is 212 Å². The number of amides is 5. The summed E-state index contributed by atoms with van der Waals surface area (Å²) >= 11 is 0. The van der Waals surface area contributed by atoms with E-state index in [4.69, 9.17) is 17.2 Å². The Hall–Kier alpha value is -2.73. The minimum Gasteiger partial charge on any atom is -0.368 e. The molecular formula is C39H77N7O5. The Balaban J connectivity index is 4.89. The predicted molar refractivity (Wildman–Crippen MR) is 207 cm³/mol. The van der Waals surface area contributed by atoms with E-state index in [1.807, 2.05) is 13.8 Å². The van der Waals surface area contributed by atoms with Crippen molar-refractivity contribution in [3.05, 3.63) is 0 Å². The monoisotopic (exact) mass is 724 g/mol.